The predicted molar refractivity (Wildman–Crippen MR) is 163 cm³/mol. The van der Waals surface area contributed by atoms with E-state index in [9.17, 15) is 24.3 Å². The third kappa shape index (κ3) is 4.65. The van der Waals surface area contributed by atoms with Crippen molar-refractivity contribution in [1.29, 1.82) is 0 Å². The van der Waals surface area contributed by atoms with Gasteiger partial charge in [0.05, 0.1) is 11.3 Å². The number of para-hydroxylation sites is 2. The largest absolute Gasteiger partial charge is 0.480 e. The van der Waals surface area contributed by atoms with E-state index >= 15 is 0 Å². The Bertz CT molecular complexity index is 1760. The summed E-state index contributed by atoms with van der Waals surface area (Å²) in [5.74, 6) is -2.29. The number of rotatable bonds is 7. The van der Waals surface area contributed by atoms with Gasteiger partial charge in [-0.1, -0.05) is 82.3 Å². The number of H-pyrrole nitrogens is 1. The van der Waals surface area contributed by atoms with E-state index in [1.165, 1.54) is 11.6 Å². The summed E-state index contributed by atoms with van der Waals surface area (Å²) in [6, 6.07) is 19.4. The molecular weight excluding hydrogens is 544 g/mol. The lowest BCUT2D eigenvalue weighted by atomic mass is 9.88. The molecule has 1 fully saturated rings. The van der Waals surface area contributed by atoms with Gasteiger partial charge in [-0.05, 0) is 46.7 Å². The van der Waals surface area contributed by atoms with Gasteiger partial charge < -0.3 is 15.4 Å². The Morgan fingerprint density at radius 3 is 2.28 bits per heavy atom. The Morgan fingerprint density at radius 1 is 0.930 bits per heavy atom. The number of hydrogen-bond acceptors (Lipinski definition) is 4. The van der Waals surface area contributed by atoms with Crippen molar-refractivity contribution in [3.05, 3.63) is 101 Å². The smallest absolute Gasteiger partial charge is 0.332 e. The average Bonchev–Trinajstić information content (AvgIpc) is 3.48. The Kier molecular flexibility index (Phi) is 7.04. The number of nitrogens with zero attached hydrogens (tertiary/aromatic N) is 2. The summed E-state index contributed by atoms with van der Waals surface area (Å²) in [4.78, 5) is 59.9. The van der Waals surface area contributed by atoms with E-state index in [-0.39, 0.29) is 17.2 Å². The monoisotopic (exact) mass is 578 g/mol. The first-order valence-corrected chi connectivity index (χ1v) is 14.6. The first-order valence-electron chi connectivity index (χ1n) is 14.6. The van der Waals surface area contributed by atoms with Crippen molar-refractivity contribution in [2.75, 3.05) is 4.90 Å². The first-order chi connectivity index (χ1) is 20.6. The Morgan fingerprint density at radius 2 is 1.60 bits per heavy atom. The second-order valence-electron chi connectivity index (χ2n) is 11.9. The highest BCUT2D eigenvalue weighted by Gasteiger charge is 2.53. The summed E-state index contributed by atoms with van der Waals surface area (Å²) >= 11 is 0. The lowest BCUT2D eigenvalue weighted by molar-refractivity contribution is -0.140. The van der Waals surface area contributed by atoms with Gasteiger partial charge in [-0.15, -0.1) is 0 Å². The van der Waals surface area contributed by atoms with E-state index in [4.69, 9.17) is 0 Å². The molecule has 0 saturated carbocycles. The molecule has 2 aliphatic rings. The number of benzene rings is 3. The highest BCUT2D eigenvalue weighted by molar-refractivity contribution is 6.24. The van der Waals surface area contributed by atoms with Crippen molar-refractivity contribution < 1.29 is 24.3 Å². The van der Waals surface area contributed by atoms with Crippen molar-refractivity contribution >= 4 is 40.4 Å². The Labute approximate surface area is 249 Å². The van der Waals surface area contributed by atoms with E-state index in [0.29, 0.717) is 12.3 Å². The van der Waals surface area contributed by atoms with Crippen molar-refractivity contribution in [2.45, 2.75) is 58.2 Å². The molecule has 4 amide bonds. The van der Waals surface area contributed by atoms with Gasteiger partial charge in [0, 0.05) is 23.0 Å². The minimum absolute atomic E-state index is 0.0535. The number of urea groups is 1. The highest BCUT2D eigenvalue weighted by Crippen LogP contribution is 2.45. The molecule has 0 aliphatic carbocycles. The molecule has 3 heterocycles. The van der Waals surface area contributed by atoms with Crippen molar-refractivity contribution in [3.63, 3.8) is 0 Å². The molecule has 43 heavy (non-hydrogen) atoms. The molecule has 9 heteroatoms. The van der Waals surface area contributed by atoms with Crippen molar-refractivity contribution in [1.82, 2.24) is 15.2 Å². The van der Waals surface area contributed by atoms with Gasteiger partial charge >= 0.3 is 12.0 Å². The maximum Gasteiger partial charge on any atom is 0.332 e. The molecule has 2 aliphatic heterocycles. The van der Waals surface area contributed by atoms with Gasteiger partial charge in [0.2, 0.25) is 0 Å². The molecule has 0 bridgehead atoms. The number of aliphatic carboxylic acids is 1. The Balaban J connectivity index is 1.44. The van der Waals surface area contributed by atoms with E-state index < -0.39 is 41.9 Å². The van der Waals surface area contributed by atoms with Gasteiger partial charge in [-0.2, -0.15) is 0 Å². The van der Waals surface area contributed by atoms with Gasteiger partial charge in [0.25, 0.3) is 11.8 Å². The zero-order chi connectivity index (χ0) is 30.6. The number of carboxylic acids is 1. The normalized spacial score (nSPS) is 18.7. The van der Waals surface area contributed by atoms with Crippen LogP contribution < -0.4 is 10.2 Å². The molecule has 3 aromatic carbocycles. The van der Waals surface area contributed by atoms with Gasteiger partial charge in [0.15, 0.2) is 0 Å². The molecule has 4 aromatic rings. The summed E-state index contributed by atoms with van der Waals surface area (Å²) < 4.78 is 0. The lowest BCUT2D eigenvalue weighted by Crippen LogP contribution is -2.45. The van der Waals surface area contributed by atoms with E-state index in [1.54, 1.807) is 36.9 Å². The molecule has 0 spiro atoms. The fourth-order valence-electron chi connectivity index (χ4n) is 6.30. The van der Waals surface area contributed by atoms with Crippen LogP contribution in [0.5, 0.6) is 0 Å². The number of fused-ring (bicyclic) bond motifs is 4. The number of amides is 4. The molecule has 9 nitrogen and oxygen atoms in total. The third-order valence-corrected chi connectivity index (χ3v) is 8.58. The summed E-state index contributed by atoms with van der Waals surface area (Å²) in [5, 5.41) is 13.2. The van der Waals surface area contributed by atoms with Crippen molar-refractivity contribution in [3.8, 4) is 0 Å². The number of carbonyl (C=O) groups is 4. The maximum atomic E-state index is 14.3. The van der Waals surface area contributed by atoms with E-state index in [2.05, 4.69) is 36.3 Å². The van der Waals surface area contributed by atoms with Crippen LogP contribution in [0.4, 0.5) is 10.5 Å². The molecule has 0 unspecified atom stereocenters. The molecule has 1 saturated heterocycles. The van der Waals surface area contributed by atoms with Crippen LogP contribution in [0, 0.1) is 5.92 Å². The lowest BCUT2D eigenvalue weighted by Gasteiger charge is -2.36. The van der Waals surface area contributed by atoms with Crippen LogP contribution >= 0.6 is 0 Å². The minimum atomic E-state index is -1.16. The number of aromatic nitrogens is 1. The van der Waals surface area contributed by atoms with Gasteiger partial charge in [-0.3, -0.25) is 14.5 Å². The molecule has 220 valence electrons. The summed E-state index contributed by atoms with van der Waals surface area (Å²) in [6.07, 6.45) is 0.323. The van der Waals surface area contributed by atoms with Gasteiger partial charge in [0.1, 0.15) is 18.1 Å². The van der Waals surface area contributed by atoms with Crippen LogP contribution in [-0.2, 0) is 16.0 Å². The highest BCUT2D eigenvalue weighted by atomic mass is 16.4. The fraction of sp³-hybridized carbons (Fsp3) is 0.294. The standard InChI is InChI=1S/C34H34N4O5/c1-18(2)20-13-15-21(16-14-20)30-29-24(22-9-5-7-11-25(22)35-29)17-27-32(40)38(34(43)37(27)30)26-12-8-6-10-23(26)31(39)36-28(19(3)4)33(41)42/h5-16,18-19,27-28,30,35H,17H2,1-4H3,(H,36,39)(H,41,42)/t27-,28+,30-/m0/s1. The van der Waals surface area contributed by atoms with E-state index in [1.807, 2.05) is 36.4 Å². The topological polar surface area (TPSA) is 123 Å². The van der Waals surface area contributed by atoms with Crippen LogP contribution in [-0.4, -0.2) is 50.9 Å². The molecule has 3 atom stereocenters. The second-order valence-corrected chi connectivity index (χ2v) is 11.9. The number of carboxylic acid groups (broad SMARTS) is 1. The maximum absolute atomic E-state index is 14.3. The number of aromatic amines is 1. The SMILES string of the molecule is CC(C)c1ccc([C@H]2c3[nH]c4ccccc4c3C[C@H]3C(=O)N(c4ccccc4C(=O)N[C@@H](C(=O)O)C(C)C)C(=O)N23)cc1. The van der Waals surface area contributed by atoms with Crippen LogP contribution in [0.25, 0.3) is 10.9 Å². The molecular formula is C34H34N4O5. The quantitative estimate of drug-likeness (QED) is 0.246. The third-order valence-electron chi connectivity index (χ3n) is 8.58. The molecule has 1 aromatic heterocycles. The molecule has 6 rings (SSSR count). The fourth-order valence-corrected chi connectivity index (χ4v) is 6.30. The predicted octanol–water partition coefficient (Wildman–Crippen LogP) is 5.61. The number of imide groups is 1. The zero-order valence-electron chi connectivity index (χ0n) is 24.5. The van der Waals surface area contributed by atoms with E-state index in [0.717, 1.165) is 32.6 Å². The number of anilines is 1. The molecule has 0 radical (unpaired) electrons. The zero-order valence-corrected chi connectivity index (χ0v) is 24.5. The van der Waals surface area contributed by atoms with Crippen LogP contribution in [0.2, 0.25) is 0 Å². The first kappa shape index (κ1) is 28.2. The summed E-state index contributed by atoms with van der Waals surface area (Å²) in [7, 11) is 0. The van der Waals surface area contributed by atoms with Crippen LogP contribution in [0.3, 0.4) is 0 Å². The van der Waals surface area contributed by atoms with Gasteiger partial charge in [-0.25, -0.2) is 14.5 Å². The second kappa shape index (κ2) is 10.7. The summed E-state index contributed by atoms with van der Waals surface area (Å²) in [6.45, 7) is 7.64. The average molecular weight is 579 g/mol. The minimum Gasteiger partial charge on any atom is -0.480 e. The Hall–Kier alpha value is -4.92. The van der Waals surface area contributed by atoms with Crippen LogP contribution in [0.1, 0.15) is 72.4 Å². The number of nitrogens with one attached hydrogen (secondary N) is 2. The number of carbonyl (C=O) groups excluding carboxylic acids is 3. The van der Waals surface area contributed by atoms with Crippen LogP contribution in [0.15, 0.2) is 72.8 Å². The molecule has 3 N–H and O–H groups in total. The number of hydrogen-bond donors (Lipinski definition) is 3. The summed E-state index contributed by atoms with van der Waals surface area (Å²) in [5.41, 5.74) is 5.01. The van der Waals surface area contributed by atoms with Crippen molar-refractivity contribution in [2.24, 2.45) is 5.92 Å².